The molecule has 0 bridgehead atoms. The summed E-state index contributed by atoms with van der Waals surface area (Å²) >= 11 is 0. The van der Waals surface area contributed by atoms with E-state index in [1.807, 2.05) is 27.7 Å². The highest BCUT2D eigenvalue weighted by molar-refractivity contribution is 6.62. The first-order valence-electron chi connectivity index (χ1n) is 9.56. The first-order chi connectivity index (χ1) is 13.0. The highest BCUT2D eigenvalue weighted by atomic mass is 19.4. The highest BCUT2D eigenvalue weighted by Gasteiger charge is 2.52. The first kappa shape index (κ1) is 19.7. The molecule has 4 rings (SSSR count). The topological polar surface area (TPSA) is 45.5 Å². The maximum atomic E-state index is 13.7. The average molecular weight is 396 g/mol. The number of ether oxygens (including phenoxy) is 1. The van der Waals surface area contributed by atoms with Crippen LogP contribution in [0.15, 0.2) is 18.2 Å². The smallest absolute Gasteiger partial charge is 0.399 e. The van der Waals surface area contributed by atoms with E-state index >= 15 is 0 Å². The van der Waals surface area contributed by atoms with Crippen LogP contribution in [0, 0.1) is 0 Å². The van der Waals surface area contributed by atoms with E-state index in [4.69, 9.17) is 14.0 Å². The minimum atomic E-state index is -4.56. The van der Waals surface area contributed by atoms with Gasteiger partial charge >= 0.3 is 13.3 Å². The number of aromatic nitrogens is 2. The summed E-state index contributed by atoms with van der Waals surface area (Å²) in [6, 6.07) is 4.87. The summed E-state index contributed by atoms with van der Waals surface area (Å²) < 4.78 is 60.0. The molecule has 1 aromatic carbocycles. The summed E-state index contributed by atoms with van der Waals surface area (Å²) in [6.07, 6.45) is -2.58. The fourth-order valence-electron chi connectivity index (χ4n) is 3.63. The molecule has 2 aliphatic heterocycles. The van der Waals surface area contributed by atoms with E-state index in [2.05, 4.69) is 5.10 Å². The van der Waals surface area contributed by atoms with Crippen molar-refractivity contribution in [3.63, 3.8) is 0 Å². The van der Waals surface area contributed by atoms with Gasteiger partial charge in [0.05, 0.1) is 16.7 Å². The van der Waals surface area contributed by atoms with Crippen molar-refractivity contribution in [1.82, 2.24) is 9.78 Å². The lowest BCUT2D eigenvalue weighted by Crippen LogP contribution is -2.41. The zero-order valence-corrected chi connectivity index (χ0v) is 16.5. The fraction of sp³-hybridized carbons (Fsp3) is 0.632. The Bertz CT molecular complexity index is 872. The standard InChI is InChI=1S/C19H24BF3N2O3/c1-17(2)18(3,4)28-20(27-17)12-8-9-14-13(11-12)16(19(21,22)23)24-25(14)15-7-5-6-10-26-15/h8-9,11,15H,5-7,10H2,1-4H3/t15-/m0/s1. The third kappa shape index (κ3) is 3.23. The van der Waals surface area contributed by atoms with Crippen LogP contribution < -0.4 is 5.46 Å². The Balaban J connectivity index is 1.78. The zero-order valence-electron chi connectivity index (χ0n) is 16.5. The molecule has 3 heterocycles. The lowest BCUT2D eigenvalue weighted by Gasteiger charge is -2.32. The van der Waals surface area contributed by atoms with Crippen LogP contribution >= 0.6 is 0 Å². The normalized spacial score (nSPS) is 24.8. The second-order valence-electron chi connectivity index (χ2n) is 8.48. The van der Waals surface area contributed by atoms with Gasteiger partial charge in [-0.15, -0.1) is 0 Å². The van der Waals surface area contributed by atoms with Crippen molar-refractivity contribution in [3.8, 4) is 0 Å². The predicted octanol–water partition coefficient (Wildman–Crippen LogP) is 4.05. The molecule has 0 N–H and O–H groups in total. The van der Waals surface area contributed by atoms with Crippen LogP contribution in [0.4, 0.5) is 13.2 Å². The number of halogens is 3. The largest absolute Gasteiger partial charge is 0.494 e. The van der Waals surface area contributed by atoms with Crippen molar-refractivity contribution < 1.29 is 27.2 Å². The quantitative estimate of drug-likeness (QED) is 0.719. The Morgan fingerprint density at radius 3 is 2.36 bits per heavy atom. The number of nitrogens with zero attached hydrogens (tertiary/aromatic N) is 2. The number of hydrogen-bond acceptors (Lipinski definition) is 4. The van der Waals surface area contributed by atoms with Crippen molar-refractivity contribution in [2.75, 3.05) is 6.61 Å². The molecule has 5 nitrogen and oxygen atoms in total. The second kappa shape index (κ2) is 6.47. The number of fused-ring (bicyclic) bond motifs is 1. The first-order valence-corrected chi connectivity index (χ1v) is 9.56. The van der Waals surface area contributed by atoms with Crippen LogP contribution in [0.3, 0.4) is 0 Å². The van der Waals surface area contributed by atoms with Crippen molar-refractivity contribution in [2.24, 2.45) is 0 Å². The van der Waals surface area contributed by atoms with E-state index in [-0.39, 0.29) is 5.39 Å². The molecule has 28 heavy (non-hydrogen) atoms. The van der Waals surface area contributed by atoms with E-state index in [9.17, 15) is 13.2 Å². The third-order valence-electron chi connectivity index (χ3n) is 5.95. The molecule has 2 fully saturated rings. The Morgan fingerprint density at radius 2 is 1.79 bits per heavy atom. The Morgan fingerprint density at radius 1 is 1.11 bits per heavy atom. The number of rotatable bonds is 2. The van der Waals surface area contributed by atoms with E-state index in [0.29, 0.717) is 24.0 Å². The van der Waals surface area contributed by atoms with Crippen molar-refractivity contribution in [3.05, 3.63) is 23.9 Å². The van der Waals surface area contributed by atoms with E-state index in [0.717, 1.165) is 12.8 Å². The Kier molecular flexibility index (Phi) is 4.56. The molecule has 2 aromatic rings. The van der Waals surface area contributed by atoms with Crippen LogP contribution in [0.1, 0.15) is 58.9 Å². The van der Waals surface area contributed by atoms with Crippen LogP contribution in [0.5, 0.6) is 0 Å². The van der Waals surface area contributed by atoms with Crippen LogP contribution in [-0.2, 0) is 20.2 Å². The van der Waals surface area contributed by atoms with E-state index in [1.54, 1.807) is 12.1 Å². The molecule has 0 radical (unpaired) electrons. The molecule has 0 unspecified atom stereocenters. The lowest BCUT2D eigenvalue weighted by atomic mass is 9.78. The molecule has 1 atom stereocenters. The maximum Gasteiger partial charge on any atom is 0.494 e. The molecule has 0 spiro atoms. The monoisotopic (exact) mass is 396 g/mol. The predicted molar refractivity (Wildman–Crippen MR) is 99.3 cm³/mol. The number of benzene rings is 1. The molecular formula is C19H24BF3N2O3. The molecule has 9 heteroatoms. The minimum Gasteiger partial charge on any atom is -0.399 e. The summed E-state index contributed by atoms with van der Waals surface area (Å²) in [5, 5.41) is 3.93. The number of alkyl halides is 3. The third-order valence-corrected chi connectivity index (χ3v) is 5.95. The summed E-state index contributed by atoms with van der Waals surface area (Å²) in [4.78, 5) is 0. The maximum absolute atomic E-state index is 13.7. The fourth-order valence-corrected chi connectivity index (χ4v) is 3.63. The summed E-state index contributed by atoms with van der Waals surface area (Å²) in [6.45, 7) is 8.16. The molecule has 0 aliphatic carbocycles. The minimum absolute atomic E-state index is 0.0360. The van der Waals surface area contributed by atoms with Gasteiger partial charge in [-0.3, -0.25) is 0 Å². The van der Waals surface area contributed by atoms with E-state index in [1.165, 1.54) is 10.7 Å². The van der Waals surface area contributed by atoms with Crippen LogP contribution in [0.2, 0.25) is 0 Å². The lowest BCUT2D eigenvalue weighted by molar-refractivity contribution is -0.141. The van der Waals surface area contributed by atoms with Gasteiger partial charge in [0.1, 0.15) is 0 Å². The molecular weight excluding hydrogens is 372 g/mol. The van der Waals surface area contributed by atoms with Gasteiger partial charge in [0, 0.05) is 12.0 Å². The molecule has 152 valence electrons. The van der Waals surface area contributed by atoms with Gasteiger partial charge in [-0.2, -0.15) is 18.3 Å². The Hall–Kier alpha value is -1.58. The van der Waals surface area contributed by atoms with Gasteiger partial charge < -0.3 is 14.0 Å². The van der Waals surface area contributed by atoms with Gasteiger partial charge in [0.15, 0.2) is 11.9 Å². The van der Waals surface area contributed by atoms with Crippen LogP contribution in [0.25, 0.3) is 10.9 Å². The molecule has 2 saturated heterocycles. The van der Waals surface area contributed by atoms with Gasteiger partial charge in [-0.1, -0.05) is 12.1 Å². The summed E-state index contributed by atoms with van der Waals surface area (Å²) in [5.41, 5.74) is -1.10. The van der Waals surface area contributed by atoms with Gasteiger partial charge in [0.25, 0.3) is 0 Å². The van der Waals surface area contributed by atoms with Gasteiger partial charge in [-0.25, -0.2) is 4.68 Å². The number of hydrogen-bond donors (Lipinski definition) is 0. The van der Waals surface area contributed by atoms with Crippen molar-refractivity contribution in [1.29, 1.82) is 0 Å². The summed E-state index contributed by atoms with van der Waals surface area (Å²) in [5.74, 6) is 0. The van der Waals surface area contributed by atoms with Gasteiger partial charge in [-0.05, 0) is 58.5 Å². The zero-order chi connectivity index (χ0) is 20.3. The molecule has 1 aromatic heterocycles. The van der Waals surface area contributed by atoms with Crippen molar-refractivity contribution in [2.45, 2.75) is 70.6 Å². The molecule has 0 saturated carbocycles. The molecule has 0 amide bonds. The van der Waals surface area contributed by atoms with Crippen molar-refractivity contribution >= 4 is 23.5 Å². The highest BCUT2D eigenvalue weighted by Crippen LogP contribution is 2.38. The van der Waals surface area contributed by atoms with Crippen LogP contribution in [-0.4, -0.2) is 34.7 Å². The molecule has 2 aliphatic rings. The van der Waals surface area contributed by atoms with E-state index < -0.39 is 36.4 Å². The Labute approximate surface area is 162 Å². The van der Waals surface area contributed by atoms with Gasteiger partial charge in [0.2, 0.25) is 0 Å². The second-order valence-corrected chi connectivity index (χ2v) is 8.48. The summed E-state index contributed by atoms with van der Waals surface area (Å²) in [7, 11) is -0.732. The SMILES string of the molecule is CC1(C)OB(c2ccc3c(c2)c(C(F)(F)F)nn3[C@@H]2CCCCO2)OC1(C)C. The average Bonchev–Trinajstić information content (AvgIpc) is 3.09.